The molecule has 0 saturated heterocycles. The fourth-order valence-electron chi connectivity index (χ4n) is 4.05. The molecule has 0 fully saturated rings. The minimum atomic E-state index is -0.404. The molecule has 0 atom stereocenters. The van der Waals surface area contributed by atoms with Crippen molar-refractivity contribution < 1.29 is 33.2 Å². The third kappa shape index (κ3) is 10.7. The molecule has 0 heterocycles. The average molecular weight is 581 g/mol. The van der Waals surface area contributed by atoms with Gasteiger partial charge in [-0.1, -0.05) is 64.5 Å². The molecule has 9 heteroatoms. The Kier molecular flexibility index (Phi) is 14.6. The molecule has 0 saturated carbocycles. The lowest BCUT2D eigenvalue weighted by atomic mass is 9.98. The molecule has 0 bridgehead atoms. The molecule has 1 aliphatic carbocycles. The monoisotopic (exact) mass is 579 g/mol. The van der Waals surface area contributed by atoms with E-state index in [2.05, 4.69) is 45.5 Å². The van der Waals surface area contributed by atoms with Crippen LogP contribution in [0, 0.1) is 0 Å². The van der Waals surface area contributed by atoms with Crippen LogP contribution >= 0.6 is 15.9 Å². The summed E-state index contributed by atoms with van der Waals surface area (Å²) >= 11 is 3.30. The number of halogens is 1. The molecular weight excluding hydrogens is 542 g/mol. The average Bonchev–Trinajstić information content (AvgIpc) is 3.25. The molecule has 204 valence electrons. The van der Waals surface area contributed by atoms with Gasteiger partial charge in [-0.15, -0.1) is 0 Å². The lowest BCUT2D eigenvalue weighted by Crippen LogP contribution is -2.27. The quantitative estimate of drug-likeness (QED) is 0.184. The van der Waals surface area contributed by atoms with Gasteiger partial charge in [-0.2, -0.15) is 0 Å². The molecule has 1 amide bonds. The zero-order valence-electron chi connectivity index (χ0n) is 21.3. The molecule has 8 nitrogen and oxygen atoms in total. The maximum Gasteiger partial charge on any atom is 0.407 e. The number of carbonyl (C=O) groups excluding carboxylic acids is 1. The highest BCUT2D eigenvalue weighted by Crippen LogP contribution is 2.44. The standard InChI is InChI=1S/C28H38BrNO7/c29-10-13-33-15-17-35-19-21-36-20-18-34-16-14-32-12-5-11-30-28(31)37-22-27-25-8-3-1-6-23(25)24-7-2-4-9-26(24)27/h1-4,6-9,27H,5,10-22H2,(H,30,31). The normalized spacial score (nSPS) is 12.4. The van der Waals surface area contributed by atoms with Crippen molar-refractivity contribution in [2.75, 3.05) is 84.6 Å². The molecule has 0 unspecified atom stereocenters. The molecule has 37 heavy (non-hydrogen) atoms. The molecule has 1 aliphatic rings. The third-order valence-electron chi connectivity index (χ3n) is 5.79. The van der Waals surface area contributed by atoms with Crippen LogP contribution in [0.25, 0.3) is 11.1 Å². The summed E-state index contributed by atoms with van der Waals surface area (Å²) in [4.78, 5) is 12.2. The molecule has 0 aliphatic heterocycles. The van der Waals surface area contributed by atoms with E-state index in [1.54, 1.807) is 0 Å². The number of alkyl halides is 1. The van der Waals surface area contributed by atoms with E-state index in [-0.39, 0.29) is 5.92 Å². The van der Waals surface area contributed by atoms with Crippen molar-refractivity contribution in [1.82, 2.24) is 5.32 Å². The highest BCUT2D eigenvalue weighted by atomic mass is 79.9. The first-order valence-corrected chi connectivity index (χ1v) is 14.0. The van der Waals surface area contributed by atoms with Crippen LogP contribution in [0.1, 0.15) is 23.5 Å². The van der Waals surface area contributed by atoms with Gasteiger partial charge < -0.3 is 33.7 Å². The van der Waals surface area contributed by atoms with Gasteiger partial charge in [0.2, 0.25) is 0 Å². The van der Waals surface area contributed by atoms with Crippen molar-refractivity contribution in [3.05, 3.63) is 59.7 Å². The second-order valence-corrected chi connectivity index (χ2v) is 9.15. The van der Waals surface area contributed by atoms with Crippen molar-refractivity contribution in [2.24, 2.45) is 0 Å². The zero-order chi connectivity index (χ0) is 26.0. The Bertz CT molecular complexity index is 868. The zero-order valence-corrected chi connectivity index (χ0v) is 22.9. The van der Waals surface area contributed by atoms with Gasteiger partial charge in [0, 0.05) is 24.4 Å². The summed E-state index contributed by atoms with van der Waals surface area (Å²) in [6.45, 7) is 6.35. The van der Waals surface area contributed by atoms with Crippen LogP contribution in [0.4, 0.5) is 4.79 Å². The number of carbonyl (C=O) groups is 1. The summed E-state index contributed by atoms with van der Waals surface area (Å²) < 4.78 is 32.7. The van der Waals surface area contributed by atoms with E-state index in [4.69, 9.17) is 28.4 Å². The number of hydrogen-bond donors (Lipinski definition) is 1. The Morgan fingerprint density at radius 3 is 1.65 bits per heavy atom. The highest BCUT2D eigenvalue weighted by molar-refractivity contribution is 9.09. The number of fused-ring (bicyclic) bond motifs is 3. The predicted molar refractivity (Wildman–Crippen MR) is 146 cm³/mol. The molecule has 0 spiro atoms. The van der Waals surface area contributed by atoms with Gasteiger partial charge >= 0.3 is 6.09 Å². The highest BCUT2D eigenvalue weighted by Gasteiger charge is 2.28. The van der Waals surface area contributed by atoms with Crippen LogP contribution < -0.4 is 5.32 Å². The summed E-state index contributed by atoms with van der Waals surface area (Å²) in [7, 11) is 0. The Hall–Kier alpha value is -2.01. The van der Waals surface area contributed by atoms with Gasteiger partial charge in [0.15, 0.2) is 0 Å². The summed E-state index contributed by atoms with van der Waals surface area (Å²) in [6.07, 6.45) is 0.299. The van der Waals surface area contributed by atoms with Crippen LogP contribution in [0.15, 0.2) is 48.5 Å². The third-order valence-corrected chi connectivity index (χ3v) is 6.11. The van der Waals surface area contributed by atoms with Gasteiger partial charge in [0.05, 0.1) is 59.5 Å². The Morgan fingerprint density at radius 1 is 0.676 bits per heavy atom. The van der Waals surface area contributed by atoms with Crippen LogP contribution in [0.5, 0.6) is 0 Å². The van der Waals surface area contributed by atoms with Gasteiger partial charge in [-0.25, -0.2) is 4.79 Å². The first-order chi connectivity index (χ1) is 18.3. The number of amides is 1. The van der Waals surface area contributed by atoms with Crippen LogP contribution in [-0.2, 0) is 28.4 Å². The van der Waals surface area contributed by atoms with Crippen molar-refractivity contribution in [2.45, 2.75) is 12.3 Å². The fourth-order valence-corrected chi connectivity index (χ4v) is 4.28. The van der Waals surface area contributed by atoms with Gasteiger partial charge in [-0.05, 0) is 28.7 Å². The van der Waals surface area contributed by atoms with Crippen molar-refractivity contribution in [3.63, 3.8) is 0 Å². The van der Waals surface area contributed by atoms with Gasteiger partial charge in [-0.3, -0.25) is 0 Å². The second-order valence-electron chi connectivity index (χ2n) is 8.36. The van der Waals surface area contributed by atoms with E-state index >= 15 is 0 Å². The maximum atomic E-state index is 12.2. The molecule has 1 N–H and O–H groups in total. The lowest BCUT2D eigenvalue weighted by Gasteiger charge is -2.14. The van der Waals surface area contributed by atoms with Crippen molar-refractivity contribution in [3.8, 4) is 11.1 Å². The summed E-state index contributed by atoms with van der Waals surface area (Å²) in [5.41, 5.74) is 4.84. The second kappa shape index (κ2) is 18.3. The van der Waals surface area contributed by atoms with Crippen LogP contribution in [0.3, 0.4) is 0 Å². The van der Waals surface area contributed by atoms with Crippen molar-refractivity contribution >= 4 is 22.0 Å². The Balaban J connectivity index is 1.12. The fraction of sp³-hybridized carbons (Fsp3) is 0.536. The number of rotatable bonds is 20. The summed E-state index contributed by atoms with van der Waals surface area (Å²) in [5, 5.41) is 3.63. The Morgan fingerprint density at radius 2 is 1.14 bits per heavy atom. The summed E-state index contributed by atoms with van der Waals surface area (Å²) in [5.74, 6) is 0.0641. The van der Waals surface area contributed by atoms with E-state index in [9.17, 15) is 4.79 Å². The number of hydrogen-bond acceptors (Lipinski definition) is 7. The van der Waals surface area contributed by atoms with Crippen LogP contribution in [0.2, 0.25) is 0 Å². The molecule has 0 aromatic heterocycles. The predicted octanol–water partition coefficient (Wildman–Crippen LogP) is 4.39. The number of nitrogens with one attached hydrogen (secondary N) is 1. The molecule has 2 aromatic rings. The first kappa shape index (κ1) is 29.5. The first-order valence-electron chi connectivity index (χ1n) is 12.8. The number of ether oxygens (including phenoxy) is 6. The van der Waals surface area contributed by atoms with Crippen LogP contribution in [-0.4, -0.2) is 90.6 Å². The van der Waals surface area contributed by atoms with Gasteiger partial charge in [0.1, 0.15) is 6.61 Å². The maximum absolute atomic E-state index is 12.2. The van der Waals surface area contributed by atoms with Gasteiger partial charge in [0.25, 0.3) is 0 Å². The SMILES string of the molecule is O=C(NCCCOCCOCCOCCOCCOCCBr)OCC1c2ccccc2-c2ccccc21. The number of alkyl carbamates (subject to hydrolysis) is 1. The van der Waals surface area contributed by atoms with E-state index in [0.717, 1.165) is 5.33 Å². The smallest absolute Gasteiger partial charge is 0.407 e. The lowest BCUT2D eigenvalue weighted by molar-refractivity contribution is -0.0101. The molecule has 3 rings (SSSR count). The summed E-state index contributed by atoms with van der Waals surface area (Å²) in [6, 6.07) is 16.6. The minimum Gasteiger partial charge on any atom is -0.449 e. The molecule has 2 aromatic carbocycles. The largest absolute Gasteiger partial charge is 0.449 e. The van der Waals surface area contributed by atoms with E-state index in [1.165, 1.54) is 22.3 Å². The Labute approximate surface area is 228 Å². The minimum absolute atomic E-state index is 0.0641. The number of benzene rings is 2. The topological polar surface area (TPSA) is 84.5 Å². The van der Waals surface area contributed by atoms with E-state index in [1.807, 2.05) is 24.3 Å². The van der Waals surface area contributed by atoms with E-state index in [0.29, 0.717) is 85.6 Å². The molecule has 0 radical (unpaired) electrons. The van der Waals surface area contributed by atoms with Crippen molar-refractivity contribution in [1.29, 1.82) is 0 Å². The van der Waals surface area contributed by atoms with E-state index < -0.39 is 6.09 Å². The molecular formula is C28H38BrNO7.